The van der Waals surface area contributed by atoms with E-state index in [0.717, 1.165) is 18.5 Å². The zero-order chi connectivity index (χ0) is 19.0. The monoisotopic (exact) mass is 366 g/mol. The van der Waals surface area contributed by atoms with Crippen molar-refractivity contribution in [1.29, 1.82) is 0 Å². The Morgan fingerprint density at radius 3 is 2.74 bits per heavy atom. The van der Waals surface area contributed by atoms with E-state index in [9.17, 15) is 9.59 Å². The van der Waals surface area contributed by atoms with Crippen molar-refractivity contribution in [1.82, 2.24) is 20.4 Å². The molecule has 3 atom stereocenters. The van der Waals surface area contributed by atoms with E-state index in [1.54, 1.807) is 4.90 Å². The van der Waals surface area contributed by atoms with Gasteiger partial charge >= 0.3 is 0 Å². The van der Waals surface area contributed by atoms with Gasteiger partial charge < -0.3 is 10.2 Å². The summed E-state index contributed by atoms with van der Waals surface area (Å²) in [5, 5.41) is 10.2. The standard InChI is InChI=1S/C21H26N4O2/c1-13(2)18-11-19(24-23-18)21(27)25-9-8-15(12-25)22-20(26)17-10-16(17)14-6-4-3-5-7-14/h3-7,11,13,15-17H,8-10,12H2,1-2H3,(H,22,26)(H,23,24). The molecule has 142 valence electrons. The van der Waals surface area contributed by atoms with Gasteiger partial charge in [0.15, 0.2) is 0 Å². The molecule has 0 radical (unpaired) electrons. The normalized spacial score (nSPS) is 24.3. The average molecular weight is 366 g/mol. The summed E-state index contributed by atoms with van der Waals surface area (Å²) in [6.07, 6.45) is 1.71. The molecule has 27 heavy (non-hydrogen) atoms. The van der Waals surface area contributed by atoms with E-state index < -0.39 is 0 Å². The number of benzene rings is 1. The van der Waals surface area contributed by atoms with Gasteiger partial charge in [-0.05, 0) is 36.3 Å². The third kappa shape index (κ3) is 3.75. The topological polar surface area (TPSA) is 78.1 Å². The molecule has 1 saturated carbocycles. The molecule has 1 aromatic heterocycles. The van der Waals surface area contributed by atoms with E-state index >= 15 is 0 Å². The third-order valence-electron chi connectivity index (χ3n) is 5.62. The Hall–Kier alpha value is -2.63. The van der Waals surface area contributed by atoms with E-state index in [4.69, 9.17) is 0 Å². The van der Waals surface area contributed by atoms with Crippen LogP contribution in [-0.4, -0.2) is 46.0 Å². The second-order valence-electron chi connectivity index (χ2n) is 7.97. The average Bonchev–Trinajstić information content (AvgIpc) is 3.09. The van der Waals surface area contributed by atoms with E-state index in [0.29, 0.717) is 30.6 Å². The van der Waals surface area contributed by atoms with Crippen molar-refractivity contribution in [2.24, 2.45) is 5.92 Å². The summed E-state index contributed by atoms with van der Waals surface area (Å²) in [7, 11) is 0. The van der Waals surface area contributed by atoms with Crippen LogP contribution in [0.25, 0.3) is 0 Å². The van der Waals surface area contributed by atoms with Crippen LogP contribution in [0.2, 0.25) is 0 Å². The Bertz CT molecular complexity index is 830. The first-order valence-corrected chi connectivity index (χ1v) is 9.73. The lowest BCUT2D eigenvalue weighted by molar-refractivity contribution is -0.123. The Kier molecular flexibility index (Phi) is 4.72. The molecule has 2 aliphatic rings. The van der Waals surface area contributed by atoms with Gasteiger partial charge in [0.25, 0.3) is 5.91 Å². The number of likely N-dealkylation sites (tertiary alicyclic amines) is 1. The van der Waals surface area contributed by atoms with Gasteiger partial charge in [0.05, 0.1) is 0 Å². The molecular formula is C21H26N4O2. The van der Waals surface area contributed by atoms with Crippen LogP contribution in [0.1, 0.15) is 60.3 Å². The van der Waals surface area contributed by atoms with Crippen molar-refractivity contribution in [3.8, 4) is 0 Å². The van der Waals surface area contributed by atoms with Crippen LogP contribution in [0.4, 0.5) is 0 Å². The molecule has 1 saturated heterocycles. The zero-order valence-electron chi connectivity index (χ0n) is 15.8. The minimum atomic E-state index is -0.0662. The highest BCUT2D eigenvalue weighted by atomic mass is 16.2. The molecule has 0 spiro atoms. The quantitative estimate of drug-likeness (QED) is 0.854. The minimum Gasteiger partial charge on any atom is -0.351 e. The van der Waals surface area contributed by atoms with Crippen LogP contribution in [0.3, 0.4) is 0 Å². The molecule has 2 N–H and O–H groups in total. The first-order chi connectivity index (χ1) is 13.0. The number of carbonyl (C=O) groups excluding carboxylic acids is 2. The molecule has 1 aliphatic heterocycles. The van der Waals surface area contributed by atoms with E-state index in [2.05, 4.69) is 41.5 Å². The molecule has 2 heterocycles. The van der Waals surface area contributed by atoms with Gasteiger partial charge in [-0.25, -0.2) is 0 Å². The van der Waals surface area contributed by atoms with Crippen LogP contribution in [0, 0.1) is 5.92 Å². The van der Waals surface area contributed by atoms with Crippen LogP contribution in [0.5, 0.6) is 0 Å². The highest BCUT2D eigenvalue weighted by Gasteiger charge is 2.44. The van der Waals surface area contributed by atoms with Crippen LogP contribution in [0.15, 0.2) is 36.4 Å². The number of aromatic amines is 1. The van der Waals surface area contributed by atoms with Crippen molar-refractivity contribution in [3.05, 3.63) is 53.3 Å². The number of hydrogen-bond donors (Lipinski definition) is 2. The van der Waals surface area contributed by atoms with Crippen LogP contribution < -0.4 is 5.32 Å². The molecule has 4 rings (SSSR count). The fourth-order valence-electron chi connectivity index (χ4n) is 3.83. The molecule has 2 amide bonds. The molecule has 0 bridgehead atoms. The fourth-order valence-corrected chi connectivity index (χ4v) is 3.83. The summed E-state index contributed by atoms with van der Waals surface area (Å²) >= 11 is 0. The first kappa shape index (κ1) is 17.8. The molecule has 6 heteroatoms. The van der Waals surface area contributed by atoms with Crippen LogP contribution >= 0.6 is 0 Å². The van der Waals surface area contributed by atoms with E-state index in [-0.39, 0.29) is 23.8 Å². The van der Waals surface area contributed by atoms with E-state index in [1.165, 1.54) is 5.56 Å². The van der Waals surface area contributed by atoms with Gasteiger partial charge in [0.1, 0.15) is 5.69 Å². The number of amides is 2. The van der Waals surface area contributed by atoms with Gasteiger partial charge in [0, 0.05) is 30.7 Å². The fraction of sp³-hybridized carbons (Fsp3) is 0.476. The van der Waals surface area contributed by atoms with Gasteiger partial charge in [0.2, 0.25) is 5.91 Å². The number of nitrogens with zero attached hydrogens (tertiary/aromatic N) is 2. The molecule has 6 nitrogen and oxygen atoms in total. The Balaban J connectivity index is 1.29. The lowest BCUT2D eigenvalue weighted by Gasteiger charge is -2.16. The highest BCUT2D eigenvalue weighted by Crippen LogP contribution is 2.47. The number of carbonyl (C=O) groups is 2. The lowest BCUT2D eigenvalue weighted by Crippen LogP contribution is -2.39. The first-order valence-electron chi connectivity index (χ1n) is 9.73. The smallest absolute Gasteiger partial charge is 0.274 e. The number of aromatic nitrogens is 2. The Morgan fingerprint density at radius 2 is 2.04 bits per heavy atom. The predicted octanol–water partition coefficient (Wildman–Crippen LogP) is 2.67. The van der Waals surface area contributed by atoms with Crippen molar-refractivity contribution in [2.45, 2.75) is 44.6 Å². The largest absolute Gasteiger partial charge is 0.351 e. The van der Waals surface area contributed by atoms with Gasteiger partial charge in [-0.2, -0.15) is 5.10 Å². The second-order valence-corrected chi connectivity index (χ2v) is 7.97. The molecule has 2 fully saturated rings. The van der Waals surface area contributed by atoms with Gasteiger partial charge in [-0.1, -0.05) is 44.2 Å². The summed E-state index contributed by atoms with van der Waals surface area (Å²) in [5.41, 5.74) is 2.65. The highest BCUT2D eigenvalue weighted by molar-refractivity contribution is 5.92. The molecular weight excluding hydrogens is 340 g/mol. The van der Waals surface area contributed by atoms with Crippen molar-refractivity contribution >= 4 is 11.8 Å². The molecule has 1 aliphatic carbocycles. The zero-order valence-corrected chi connectivity index (χ0v) is 15.8. The van der Waals surface area contributed by atoms with Crippen molar-refractivity contribution in [2.75, 3.05) is 13.1 Å². The molecule has 1 aromatic carbocycles. The second kappa shape index (κ2) is 7.18. The lowest BCUT2D eigenvalue weighted by atomic mass is 10.1. The summed E-state index contributed by atoms with van der Waals surface area (Å²) < 4.78 is 0. The van der Waals surface area contributed by atoms with Crippen molar-refractivity contribution in [3.63, 3.8) is 0 Å². The van der Waals surface area contributed by atoms with Crippen LogP contribution in [-0.2, 0) is 4.79 Å². The van der Waals surface area contributed by atoms with E-state index in [1.807, 2.05) is 24.3 Å². The summed E-state index contributed by atoms with van der Waals surface area (Å²) in [4.78, 5) is 27.0. The maximum atomic E-state index is 12.6. The molecule has 3 unspecified atom stereocenters. The minimum absolute atomic E-state index is 0.0296. The third-order valence-corrected chi connectivity index (χ3v) is 5.62. The summed E-state index contributed by atoms with van der Waals surface area (Å²) in [6, 6.07) is 12.1. The van der Waals surface area contributed by atoms with Crippen molar-refractivity contribution < 1.29 is 9.59 Å². The summed E-state index contributed by atoms with van der Waals surface area (Å²) in [5.74, 6) is 0.759. The van der Waals surface area contributed by atoms with Gasteiger partial charge in [-0.15, -0.1) is 0 Å². The predicted molar refractivity (Wildman–Crippen MR) is 102 cm³/mol. The number of nitrogens with one attached hydrogen (secondary N) is 2. The Labute approximate surface area is 159 Å². The molecule has 2 aromatic rings. The SMILES string of the molecule is CC(C)c1cc(C(=O)N2CCC(NC(=O)C3CC3c3ccccc3)C2)n[nH]1. The summed E-state index contributed by atoms with van der Waals surface area (Å²) in [6.45, 7) is 5.32. The van der Waals surface area contributed by atoms with Gasteiger partial charge in [-0.3, -0.25) is 14.7 Å². The maximum Gasteiger partial charge on any atom is 0.274 e. The maximum absolute atomic E-state index is 12.6. The number of hydrogen-bond acceptors (Lipinski definition) is 3. The number of H-pyrrole nitrogens is 1. The Morgan fingerprint density at radius 1 is 1.26 bits per heavy atom. The number of rotatable bonds is 5.